The Morgan fingerprint density at radius 1 is 1.00 bits per heavy atom. The van der Waals surface area contributed by atoms with E-state index in [4.69, 9.17) is 4.42 Å². The van der Waals surface area contributed by atoms with Gasteiger partial charge >= 0.3 is 0 Å². The van der Waals surface area contributed by atoms with Crippen LogP contribution in [0.4, 0.5) is 4.39 Å². The number of benzene rings is 2. The average molecular weight is 349 g/mol. The molecule has 0 N–H and O–H groups in total. The van der Waals surface area contributed by atoms with Crippen molar-refractivity contribution in [1.82, 2.24) is 4.90 Å². The van der Waals surface area contributed by atoms with Gasteiger partial charge in [-0.2, -0.15) is 0 Å². The lowest BCUT2D eigenvalue weighted by molar-refractivity contribution is 0.235. The molecular formula is C23H24FNO. The van der Waals surface area contributed by atoms with Gasteiger partial charge in [-0.1, -0.05) is 36.4 Å². The lowest BCUT2D eigenvalue weighted by atomic mass is 10.0. The van der Waals surface area contributed by atoms with Crippen LogP contribution in [0.25, 0.3) is 11.3 Å². The van der Waals surface area contributed by atoms with Crippen LogP contribution in [0.1, 0.15) is 30.4 Å². The van der Waals surface area contributed by atoms with Gasteiger partial charge in [-0.3, -0.25) is 4.90 Å². The third-order valence-electron chi connectivity index (χ3n) is 5.36. The van der Waals surface area contributed by atoms with E-state index in [0.717, 1.165) is 31.7 Å². The molecular weight excluding hydrogens is 325 g/mol. The quantitative estimate of drug-likeness (QED) is 0.569. The molecule has 1 aliphatic rings. The molecule has 0 bridgehead atoms. The van der Waals surface area contributed by atoms with Crippen molar-refractivity contribution in [2.75, 3.05) is 6.54 Å². The molecule has 0 saturated carbocycles. The predicted octanol–water partition coefficient (Wildman–Crippen LogP) is 5.68. The maximum Gasteiger partial charge on any atom is 0.134 e. The van der Waals surface area contributed by atoms with Crippen LogP contribution in [0.15, 0.2) is 71.3 Å². The highest BCUT2D eigenvalue weighted by atomic mass is 19.1. The van der Waals surface area contributed by atoms with Gasteiger partial charge in [0.15, 0.2) is 0 Å². The molecule has 0 radical (unpaired) electrons. The molecule has 2 aromatic carbocycles. The molecule has 0 spiro atoms. The molecule has 3 aromatic rings. The van der Waals surface area contributed by atoms with Crippen molar-refractivity contribution in [1.29, 1.82) is 0 Å². The van der Waals surface area contributed by atoms with E-state index in [1.54, 1.807) is 18.4 Å². The van der Waals surface area contributed by atoms with Crippen molar-refractivity contribution in [2.45, 2.75) is 38.3 Å². The Labute approximate surface area is 154 Å². The summed E-state index contributed by atoms with van der Waals surface area (Å²) in [4.78, 5) is 2.59. The normalized spacial score (nSPS) is 17.7. The fraction of sp³-hybridized carbons (Fsp3) is 0.304. The summed E-state index contributed by atoms with van der Waals surface area (Å²) in [7, 11) is 0. The van der Waals surface area contributed by atoms with Crippen LogP contribution in [-0.4, -0.2) is 17.5 Å². The molecule has 0 aliphatic carbocycles. The van der Waals surface area contributed by atoms with Crippen LogP contribution in [0.5, 0.6) is 0 Å². The predicted molar refractivity (Wildman–Crippen MR) is 102 cm³/mol. The van der Waals surface area contributed by atoms with Gasteiger partial charge in [0.2, 0.25) is 0 Å². The SMILES string of the molecule is Fc1ccc(CCC2CCCN2Cc2ccccc2-c2ccco2)cc1. The summed E-state index contributed by atoms with van der Waals surface area (Å²) < 4.78 is 18.7. The van der Waals surface area contributed by atoms with E-state index in [0.29, 0.717) is 6.04 Å². The summed E-state index contributed by atoms with van der Waals surface area (Å²) in [5.41, 5.74) is 3.71. The monoisotopic (exact) mass is 349 g/mol. The maximum atomic E-state index is 13.1. The molecule has 134 valence electrons. The fourth-order valence-electron chi connectivity index (χ4n) is 3.96. The molecule has 1 fully saturated rings. The van der Waals surface area contributed by atoms with Gasteiger partial charge < -0.3 is 4.42 Å². The van der Waals surface area contributed by atoms with Gasteiger partial charge in [-0.25, -0.2) is 4.39 Å². The van der Waals surface area contributed by atoms with E-state index in [9.17, 15) is 4.39 Å². The highest BCUT2D eigenvalue weighted by Crippen LogP contribution is 2.29. The van der Waals surface area contributed by atoms with Crippen LogP contribution in [0.2, 0.25) is 0 Å². The molecule has 0 amide bonds. The molecule has 3 heteroatoms. The molecule has 1 atom stereocenters. The minimum atomic E-state index is -0.161. The topological polar surface area (TPSA) is 16.4 Å². The Morgan fingerprint density at radius 3 is 2.65 bits per heavy atom. The fourth-order valence-corrected chi connectivity index (χ4v) is 3.96. The van der Waals surface area contributed by atoms with E-state index in [-0.39, 0.29) is 5.82 Å². The Balaban J connectivity index is 1.44. The van der Waals surface area contributed by atoms with Gasteiger partial charge in [0.1, 0.15) is 11.6 Å². The maximum absolute atomic E-state index is 13.1. The van der Waals surface area contributed by atoms with Crippen molar-refractivity contribution in [3.05, 3.63) is 83.9 Å². The number of aryl methyl sites for hydroxylation is 1. The zero-order chi connectivity index (χ0) is 17.8. The molecule has 1 unspecified atom stereocenters. The van der Waals surface area contributed by atoms with E-state index in [2.05, 4.69) is 29.2 Å². The van der Waals surface area contributed by atoms with Crippen LogP contribution in [-0.2, 0) is 13.0 Å². The van der Waals surface area contributed by atoms with Crippen molar-refractivity contribution in [2.24, 2.45) is 0 Å². The first-order chi connectivity index (χ1) is 12.8. The van der Waals surface area contributed by atoms with Gasteiger partial charge in [-0.05, 0) is 67.6 Å². The van der Waals surface area contributed by atoms with Gasteiger partial charge in [0.25, 0.3) is 0 Å². The molecule has 2 nitrogen and oxygen atoms in total. The highest BCUT2D eigenvalue weighted by molar-refractivity contribution is 5.61. The van der Waals surface area contributed by atoms with Gasteiger partial charge in [0, 0.05) is 18.2 Å². The average Bonchev–Trinajstić information content (AvgIpc) is 3.34. The second kappa shape index (κ2) is 7.88. The van der Waals surface area contributed by atoms with Crippen LogP contribution >= 0.6 is 0 Å². The van der Waals surface area contributed by atoms with Crippen LogP contribution < -0.4 is 0 Å². The Kier molecular flexibility index (Phi) is 5.16. The second-order valence-electron chi connectivity index (χ2n) is 7.07. The van der Waals surface area contributed by atoms with E-state index in [1.165, 1.54) is 29.5 Å². The Bertz CT molecular complexity index is 826. The molecule has 1 aromatic heterocycles. The van der Waals surface area contributed by atoms with Gasteiger partial charge in [0.05, 0.1) is 6.26 Å². The largest absolute Gasteiger partial charge is 0.464 e. The molecule has 4 rings (SSSR count). The summed E-state index contributed by atoms with van der Waals surface area (Å²) in [5.74, 6) is 0.772. The lowest BCUT2D eigenvalue weighted by Crippen LogP contribution is -2.29. The van der Waals surface area contributed by atoms with Crippen molar-refractivity contribution in [3.63, 3.8) is 0 Å². The second-order valence-corrected chi connectivity index (χ2v) is 7.07. The van der Waals surface area contributed by atoms with Crippen molar-refractivity contribution in [3.8, 4) is 11.3 Å². The molecule has 26 heavy (non-hydrogen) atoms. The molecule has 1 aliphatic heterocycles. The minimum Gasteiger partial charge on any atom is -0.464 e. The van der Waals surface area contributed by atoms with E-state index in [1.807, 2.05) is 24.3 Å². The van der Waals surface area contributed by atoms with Crippen molar-refractivity contribution < 1.29 is 8.81 Å². The number of rotatable bonds is 6. The summed E-state index contributed by atoms with van der Waals surface area (Å²) >= 11 is 0. The molecule has 1 saturated heterocycles. The van der Waals surface area contributed by atoms with Crippen molar-refractivity contribution >= 4 is 0 Å². The number of likely N-dealkylation sites (tertiary alicyclic amines) is 1. The highest BCUT2D eigenvalue weighted by Gasteiger charge is 2.25. The third kappa shape index (κ3) is 3.88. The standard InChI is InChI=1S/C23H24FNO/c24-20-12-9-18(10-13-20)11-14-21-6-3-15-25(21)17-19-5-1-2-7-22(19)23-8-4-16-26-23/h1-2,4-5,7-10,12-13,16,21H,3,6,11,14-15,17H2. The Morgan fingerprint density at radius 2 is 1.85 bits per heavy atom. The number of hydrogen-bond donors (Lipinski definition) is 0. The summed E-state index contributed by atoms with van der Waals surface area (Å²) in [6.07, 6.45) is 6.34. The third-order valence-corrected chi connectivity index (χ3v) is 5.36. The lowest BCUT2D eigenvalue weighted by Gasteiger charge is -2.25. The smallest absolute Gasteiger partial charge is 0.134 e. The van der Waals surface area contributed by atoms with Crippen LogP contribution in [0, 0.1) is 5.82 Å². The number of nitrogens with zero attached hydrogens (tertiary/aromatic N) is 1. The number of hydrogen-bond acceptors (Lipinski definition) is 2. The number of halogens is 1. The Hall–Kier alpha value is -2.39. The zero-order valence-corrected chi connectivity index (χ0v) is 14.9. The number of furan rings is 1. The summed E-state index contributed by atoms with van der Waals surface area (Å²) in [6.45, 7) is 2.09. The van der Waals surface area contributed by atoms with Gasteiger partial charge in [-0.15, -0.1) is 0 Å². The zero-order valence-electron chi connectivity index (χ0n) is 14.9. The summed E-state index contributed by atoms with van der Waals surface area (Å²) in [6, 6.07) is 20.0. The van der Waals surface area contributed by atoms with E-state index < -0.39 is 0 Å². The first-order valence-corrected chi connectivity index (χ1v) is 9.40. The minimum absolute atomic E-state index is 0.161. The summed E-state index contributed by atoms with van der Waals surface area (Å²) in [5, 5.41) is 0. The molecule has 2 heterocycles. The van der Waals surface area contributed by atoms with Crippen LogP contribution in [0.3, 0.4) is 0 Å². The van der Waals surface area contributed by atoms with E-state index >= 15 is 0 Å². The first-order valence-electron chi connectivity index (χ1n) is 9.40. The first kappa shape index (κ1) is 17.0.